The van der Waals surface area contributed by atoms with Gasteiger partial charge in [0.1, 0.15) is 6.08 Å². The number of fused-ring (bicyclic) bond motifs is 1. The number of piperidine rings is 1. The normalized spacial score (nSPS) is 23.4. The van der Waals surface area contributed by atoms with Crippen molar-refractivity contribution < 1.29 is 25.2 Å². The van der Waals surface area contributed by atoms with Crippen molar-refractivity contribution in [2.45, 2.75) is 31.4 Å². The zero-order chi connectivity index (χ0) is 28.0. The molecule has 1 atom stereocenters. The van der Waals surface area contributed by atoms with Gasteiger partial charge in [0.25, 0.3) is 0 Å². The zero-order valence-corrected chi connectivity index (χ0v) is 17.1. The van der Waals surface area contributed by atoms with E-state index in [4.69, 9.17) is 23.8 Å². The molecule has 0 amide bonds. The summed E-state index contributed by atoms with van der Waals surface area (Å²) in [5.74, 6) is -0.264. The molecule has 0 aromatic heterocycles. The SMILES string of the molecule is [2H]c1c([2H])c(C([2H])([2H])C([2H])([2H])N2CCC[C@@H](OC([2H])(c3ccccc3)c3ccccc3)C2)c([2H])c2c1OCO2. The Kier molecular flexibility index (Phi) is 3.97. The van der Waals surface area contributed by atoms with E-state index in [1.54, 1.807) is 0 Å². The van der Waals surface area contributed by atoms with Gasteiger partial charge in [-0.3, -0.25) is 0 Å². The molecular formula is C27H29NO3. The summed E-state index contributed by atoms with van der Waals surface area (Å²) in [5.41, 5.74) is 0.675. The highest BCUT2D eigenvalue weighted by Gasteiger charge is 2.25. The Labute approximate surface area is 195 Å². The van der Waals surface area contributed by atoms with E-state index in [9.17, 15) is 1.37 Å². The number of nitrogens with zero attached hydrogens (tertiary/aromatic N) is 1. The Hall–Kier alpha value is -2.82. The van der Waals surface area contributed by atoms with Crippen LogP contribution in [0.3, 0.4) is 0 Å². The summed E-state index contributed by atoms with van der Waals surface area (Å²) in [6, 6.07) is 16.7. The van der Waals surface area contributed by atoms with Crippen LogP contribution in [0.1, 0.15) is 46.6 Å². The van der Waals surface area contributed by atoms with Gasteiger partial charge in [-0.05, 0) is 54.5 Å². The summed E-state index contributed by atoms with van der Waals surface area (Å²) in [6.45, 7) is -2.72. The largest absolute Gasteiger partial charge is 0.454 e. The molecule has 0 bridgehead atoms. The van der Waals surface area contributed by atoms with Gasteiger partial charge in [0.2, 0.25) is 6.79 Å². The van der Waals surface area contributed by atoms with Crippen molar-refractivity contribution in [3.8, 4) is 11.5 Å². The molecule has 2 aliphatic rings. The second kappa shape index (κ2) is 9.54. The Balaban J connectivity index is 1.46. The highest BCUT2D eigenvalue weighted by Crippen LogP contribution is 2.33. The first-order valence-corrected chi connectivity index (χ1v) is 10.4. The first kappa shape index (κ1) is 12.9. The fourth-order valence-corrected chi connectivity index (χ4v) is 3.71. The molecule has 5 rings (SSSR count). The summed E-state index contributed by atoms with van der Waals surface area (Å²) in [7, 11) is 0. The summed E-state index contributed by atoms with van der Waals surface area (Å²) < 4.78 is 86.7. The van der Waals surface area contributed by atoms with Crippen molar-refractivity contribution in [2.75, 3.05) is 26.4 Å². The number of hydrogen-bond acceptors (Lipinski definition) is 4. The molecule has 1 fully saturated rings. The molecular weight excluding hydrogens is 386 g/mol. The molecule has 31 heavy (non-hydrogen) atoms. The maximum atomic E-state index is 9.36. The minimum Gasteiger partial charge on any atom is -0.454 e. The molecule has 2 heterocycles. The minimum atomic E-state index is -2.85. The minimum absolute atomic E-state index is 0.00818. The molecule has 0 N–H and O–H groups in total. The molecule has 4 nitrogen and oxygen atoms in total. The van der Waals surface area contributed by atoms with Crippen LogP contribution in [0.15, 0.2) is 78.8 Å². The standard InChI is InChI=1S/C27H29NO3/c1-3-8-22(9-4-1)27(23-10-5-2-6-11-23)31-24-12-7-16-28(19-24)17-15-21-13-14-25-26(18-21)30-20-29-25/h1-6,8-11,13-14,18,24,27H,7,12,15-17,19-20H2/t24-/m1/s1/i13D,14D,15D2,17D2,18D,27D. The Bertz CT molecular complexity index is 1300. The van der Waals surface area contributed by atoms with Gasteiger partial charge in [-0.1, -0.05) is 66.7 Å². The van der Waals surface area contributed by atoms with Crippen LogP contribution in [0.4, 0.5) is 0 Å². The van der Waals surface area contributed by atoms with Crippen LogP contribution >= 0.6 is 0 Å². The van der Waals surface area contributed by atoms with Gasteiger partial charge in [0, 0.05) is 18.5 Å². The van der Waals surface area contributed by atoms with E-state index in [1.165, 1.54) is 4.90 Å². The lowest BCUT2D eigenvalue weighted by atomic mass is 10.00. The quantitative estimate of drug-likeness (QED) is 0.521. The molecule has 160 valence electrons. The fraction of sp³-hybridized carbons (Fsp3) is 0.333. The average Bonchev–Trinajstić information content (AvgIpc) is 3.44. The van der Waals surface area contributed by atoms with Crippen molar-refractivity contribution in [1.29, 1.82) is 0 Å². The van der Waals surface area contributed by atoms with Crippen molar-refractivity contribution in [1.82, 2.24) is 4.90 Å². The predicted octanol–water partition coefficient (Wildman–Crippen LogP) is 5.23. The first-order valence-electron chi connectivity index (χ1n) is 14.4. The second-order valence-corrected chi connectivity index (χ2v) is 7.44. The smallest absolute Gasteiger partial charge is 0.231 e. The average molecular weight is 424 g/mol. The molecule has 3 aromatic carbocycles. The molecule has 3 aromatic rings. The Morgan fingerprint density at radius 1 is 1.03 bits per heavy atom. The van der Waals surface area contributed by atoms with E-state index in [2.05, 4.69) is 0 Å². The van der Waals surface area contributed by atoms with E-state index >= 15 is 0 Å². The third-order valence-electron chi connectivity index (χ3n) is 5.23. The lowest BCUT2D eigenvalue weighted by Gasteiger charge is -2.35. The number of rotatable bonds is 7. The number of hydrogen-bond donors (Lipinski definition) is 0. The topological polar surface area (TPSA) is 30.9 Å². The molecule has 4 heteroatoms. The zero-order valence-electron chi connectivity index (χ0n) is 25.1. The van der Waals surface area contributed by atoms with Crippen molar-refractivity contribution in [3.05, 3.63) is 95.5 Å². The van der Waals surface area contributed by atoms with Crippen LogP contribution < -0.4 is 9.47 Å². The highest BCUT2D eigenvalue weighted by atomic mass is 16.7. The lowest BCUT2D eigenvalue weighted by molar-refractivity contribution is -0.0330. The van der Waals surface area contributed by atoms with Crippen LogP contribution in [0, 0.1) is 0 Å². The van der Waals surface area contributed by atoms with Gasteiger partial charge in [0.15, 0.2) is 11.5 Å². The molecule has 0 spiro atoms. The predicted molar refractivity (Wildman–Crippen MR) is 122 cm³/mol. The van der Waals surface area contributed by atoms with Crippen LogP contribution in [-0.4, -0.2) is 37.4 Å². The second-order valence-electron chi connectivity index (χ2n) is 7.44. The van der Waals surface area contributed by atoms with Crippen molar-refractivity contribution in [2.24, 2.45) is 0 Å². The maximum absolute atomic E-state index is 9.36. The van der Waals surface area contributed by atoms with E-state index in [0.717, 1.165) is 0 Å². The molecule has 0 radical (unpaired) electrons. The van der Waals surface area contributed by atoms with E-state index < -0.39 is 48.7 Å². The maximum Gasteiger partial charge on any atom is 0.231 e. The molecule has 2 aliphatic heterocycles. The van der Waals surface area contributed by atoms with Crippen molar-refractivity contribution >= 4 is 0 Å². The Morgan fingerprint density at radius 3 is 2.48 bits per heavy atom. The van der Waals surface area contributed by atoms with Crippen molar-refractivity contribution in [3.63, 3.8) is 0 Å². The molecule has 0 saturated carbocycles. The molecule has 0 aliphatic carbocycles. The first-order chi connectivity index (χ1) is 18.5. The van der Waals surface area contributed by atoms with Crippen LogP contribution in [0.2, 0.25) is 0 Å². The van der Waals surface area contributed by atoms with E-state index in [-0.39, 0.29) is 31.4 Å². The summed E-state index contributed by atoms with van der Waals surface area (Å²) >= 11 is 0. The number of likely N-dealkylation sites (tertiary alicyclic amines) is 1. The monoisotopic (exact) mass is 423 g/mol. The van der Waals surface area contributed by atoms with Crippen LogP contribution in [0.5, 0.6) is 11.5 Å². The van der Waals surface area contributed by atoms with E-state index in [1.807, 2.05) is 60.7 Å². The highest BCUT2D eigenvalue weighted by molar-refractivity contribution is 5.44. The summed E-state index contributed by atoms with van der Waals surface area (Å²) in [5, 5.41) is 0. The lowest BCUT2D eigenvalue weighted by Crippen LogP contribution is -2.41. The number of benzene rings is 3. The van der Waals surface area contributed by atoms with Gasteiger partial charge in [-0.2, -0.15) is 0 Å². The summed E-state index contributed by atoms with van der Waals surface area (Å²) in [4.78, 5) is 1.31. The van der Waals surface area contributed by atoms with Crippen LogP contribution in [-0.2, 0) is 11.1 Å². The third kappa shape index (κ3) is 4.92. The Morgan fingerprint density at radius 2 is 1.74 bits per heavy atom. The van der Waals surface area contributed by atoms with Gasteiger partial charge in [0.05, 0.1) is 11.6 Å². The van der Waals surface area contributed by atoms with Gasteiger partial charge >= 0.3 is 0 Å². The fourth-order valence-electron chi connectivity index (χ4n) is 3.71. The summed E-state index contributed by atoms with van der Waals surface area (Å²) in [6.07, 6.45) is -3.98. The van der Waals surface area contributed by atoms with Crippen LogP contribution in [0.25, 0.3) is 0 Å². The molecule has 1 saturated heterocycles. The van der Waals surface area contributed by atoms with E-state index in [0.29, 0.717) is 24.0 Å². The molecule has 0 unspecified atom stereocenters. The third-order valence-corrected chi connectivity index (χ3v) is 5.23. The van der Waals surface area contributed by atoms with Gasteiger partial charge in [-0.15, -0.1) is 0 Å². The number of ether oxygens (including phenoxy) is 3. The van der Waals surface area contributed by atoms with Gasteiger partial charge in [-0.25, -0.2) is 0 Å². The van der Waals surface area contributed by atoms with Gasteiger partial charge < -0.3 is 19.1 Å².